The normalized spacial score (nSPS) is 12.2. The fraction of sp³-hybridized carbons (Fsp3) is 0.545. The maximum absolute atomic E-state index is 2.44. The summed E-state index contributed by atoms with van der Waals surface area (Å²) in [5, 5.41) is 2.99. The number of benzene rings is 2. The van der Waals surface area contributed by atoms with Crippen LogP contribution in [0.15, 0.2) is 6.07 Å². The van der Waals surface area contributed by atoms with Gasteiger partial charge in [-0.25, -0.2) is 0 Å². The van der Waals surface area contributed by atoms with Gasteiger partial charge >= 0.3 is 0 Å². The van der Waals surface area contributed by atoms with Crippen LogP contribution in [-0.4, -0.2) is 0 Å². The van der Waals surface area contributed by atoms with Gasteiger partial charge in [0.1, 0.15) is 0 Å². The van der Waals surface area contributed by atoms with Crippen LogP contribution in [0.3, 0.4) is 0 Å². The Balaban J connectivity index is 3.08. The highest BCUT2D eigenvalue weighted by Gasteiger charge is 2.28. The molecule has 0 aliphatic heterocycles. The van der Waals surface area contributed by atoms with Crippen LogP contribution in [0.1, 0.15) is 72.6 Å². The lowest BCUT2D eigenvalue weighted by atomic mass is 9.71. The van der Waals surface area contributed by atoms with Crippen molar-refractivity contribution in [2.24, 2.45) is 0 Å². The highest BCUT2D eigenvalue weighted by Crippen LogP contribution is 2.42. The third kappa shape index (κ3) is 2.28. The maximum atomic E-state index is 2.44. The van der Waals surface area contributed by atoms with Crippen LogP contribution >= 0.6 is 0 Å². The van der Waals surface area contributed by atoms with Crippen molar-refractivity contribution < 1.29 is 0 Å². The molecule has 0 amide bonds. The average molecular weight is 296 g/mol. The second-order valence-electron chi connectivity index (χ2n) is 7.40. The number of fused-ring (bicyclic) bond motifs is 1. The molecule has 0 fully saturated rings. The van der Waals surface area contributed by atoms with Gasteiger partial charge in [0.05, 0.1) is 0 Å². The van der Waals surface area contributed by atoms with Gasteiger partial charge in [0, 0.05) is 0 Å². The maximum Gasteiger partial charge on any atom is -0.00749 e. The van der Waals surface area contributed by atoms with E-state index >= 15 is 0 Å². The lowest BCUT2D eigenvalue weighted by molar-refractivity contribution is 0.434. The molecule has 0 unspecified atom stereocenters. The predicted molar refractivity (Wildman–Crippen MR) is 100 cm³/mol. The summed E-state index contributed by atoms with van der Waals surface area (Å²) in [4.78, 5) is 0. The first-order valence-electron chi connectivity index (χ1n) is 8.70. The van der Waals surface area contributed by atoms with E-state index in [0.29, 0.717) is 0 Å². The molecule has 0 heterocycles. The Morgan fingerprint density at radius 1 is 0.682 bits per heavy atom. The molecule has 0 aromatic heterocycles. The van der Waals surface area contributed by atoms with Crippen molar-refractivity contribution in [1.29, 1.82) is 0 Å². The first-order valence-corrected chi connectivity index (χ1v) is 8.70. The zero-order valence-electron chi connectivity index (χ0n) is 16.0. The van der Waals surface area contributed by atoms with Crippen LogP contribution in [0, 0.1) is 41.5 Å². The summed E-state index contributed by atoms with van der Waals surface area (Å²) in [6.07, 6.45) is 2.39. The highest BCUT2D eigenvalue weighted by molar-refractivity contribution is 5.96. The Morgan fingerprint density at radius 2 is 1.23 bits per heavy atom. The average Bonchev–Trinajstić information content (AvgIpc) is 2.48. The summed E-state index contributed by atoms with van der Waals surface area (Å²) >= 11 is 0. The monoisotopic (exact) mass is 296 g/mol. The van der Waals surface area contributed by atoms with Gasteiger partial charge in [-0.05, 0) is 110 Å². The molecule has 120 valence electrons. The molecular formula is C22H32. The molecule has 0 spiro atoms. The molecule has 0 nitrogen and oxygen atoms in total. The molecule has 0 atom stereocenters. The van der Waals surface area contributed by atoms with E-state index in [1.165, 1.54) is 57.0 Å². The van der Waals surface area contributed by atoms with Gasteiger partial charge in [0.25, 0.3) is 0 Å². The summed E-state index contributed by atoms with van der Waals surface area (Å²) in [6, 6.07) is 2.35. The lowest BCUT2D eigenvalue weighted by Crippen LogP contribution is -2.23. The number of aryl methyl sites for hydroxylation is 5. The van der Waals surface area contributed by atoms with E-state index in [0.717, 1.165) is 0 Å². The van der Waals surface area contributed by atoms with Gasteiger partial charge < -0.3 is 0 Å². The van der Waals surface area contributed by atoms with Gasteiger partial charge in [-0.15, -0.1) is 0 Å². The van der Waals surface area contributed by atoms with Gasteiger partial charge in [-0.2, -0.15) is 0 Å². The van der Waals surface area contributed by atoms with E-state index in [1.807, 2.05) is 0 Å². The second kappa shape index (κ2) is 5.72. The molecule has 0 N–H and O–H groups in total. The van der Waals surface area contributed by atoms with Gasteiger partial charge in [0.15, 0.2) is 0 Å². The molecule has 0 saturated carbocycles. The van der Waals surface area contributed by atoms with E-state index < -0.39 is 0 Å². The fourth-order valence-electron chi connectivity index (χ4n) is 4.33. The van der Waals surface area contributed by atoms with Crippen molar-refractivity contribution in [2.45, 2.75) is 80.6 Å². The molecule has 0 aliphatic carbocycles. The van der Waals surface area contributed by atoms with Crippen LogP contribution in [0.5, 0.6) is 0 Å². The van der Waals surface area contributed by atoms with E-state index in [1.54, 1.807) is 5.56 Å². The van der Waals surface area contributed by atoms with Crippen molar-refractivity contribution in [3.63, 3.8) is 0 Å². The predicted octanol–water partition coefficient (Wildman–Crippen LogP) is 6.77. The van der Waals surface area contributed by atoms with Crippen molar-refractivity contribution in [3.8, 4) is 0 Å². The molecular weight excluding hydrogens is 264 g/mol. The van der Waals surface area contributed by atoms with E-state index in [2.05, 4.69) is 68.4 Å². The Bertz CT molecular complexity index is 728. The van der Waals surface area contributed by atoms with Crippen molar-refractivity contribution in [1.82, 2.24) is 0 Å². The number of rotatable bonds is 3. The first-order chi connectivity index (χ1) is 10.2. The van der Waals surface area contributed by atoms with Crippen LogP contribution < -0.4 is 0 Å². The Hall–Kier alpha value is -1.30. The SMILES string of the molecule is CCC(C)(CC)c1c(C)c(C)c2c(C)cc(C)c(C)c2c1C. The Labute approximate surface area is 136 Å². The van der Waals surface area contributed by atoms with Gasteiger partial charge in [0.2, 0.25) is 0 Å². The third-order valence-corrected chi connectivity index (χ3v) is 6.27. The Morgan fingerprint density at radius 3 is 1.73 bits per heavy atom. The van der Waals surface area contributed by atoms with E-state index in [4.69, 9.17) is 0 Å². The molecule has 0 radical (unpaired) electrons. The van der Waals surface area contributed by atoms with Crippen molar-refractivity contribution in [2.75, 3.05) is 0 Å². The molecule has 2 aromatic carbocycles. The summed E-state index contributed by atoms with van der Waals surface area (Å²) in [7, 11) is 0. The number of hydrogen-bond acceptors (Lipinski definition) is 0. The largest absolute Gasteiger partial charge is 0.0645 e. The molecule has 0 bridgehead atoms. The smallest absolute Gasteiger partial charge is 0.00749 e. The van der Waals surface area contributed by atoms with E-state index in [9.17, 15) is 0 Å². The minimum absolute atomic E-state index is 0.275. The van der Waals surface area contributed by atoms with Crippen LogP contribution in [0.25, 0.3) is 10.8 Å². The fourth-order valence-corrected chi connectivity index (χ4v) is 4.33. The quantitative estimate of drug-likeness (QED) is 0.586. The summed E-state index contributed by atoms with van der Waals surface area (Å²) in [5.41, 5.74) is 10.6. The first kappa shape index (κ1) is 17.1. The van der Waals surface area contributed by atoms with Gasteiger partial charge in [-0.1, -0.05) is 26.8 Å². The van der Waals surface area contributed by atoms with Crippen molar-refractivity contribution in [3.05, 3.63) is 45.0 Å². The summed E-state index contributed by atoms with van der Waals surface area (Å²) in [5.74, 6) is 0. The van der Waals surface area contributed by atoms with Crippen LogP contribution in [0.4, 0.5) is 0 Å². The molecule has 0 aliphatic rings. The highest BCUT2D eigenvalue weighted by atomic mass is 14.3. The van der Waals surface area contributed by atoms with Crippen LogP contribution in [-0.2, 0) is 5.41 Å². The molecule has 0 heteroatoms. The van der Waals surface area contributed by atoms with Gasteiger partial charge in [-0.3, -0.25) is 0 Å². The van der Waals surface area contributed by atoms with Crippen LogP contribution in [0.2, 0.25) is 0 Å². The zero-order chi connectivity index (χ0) is 16.8. The summed E-state index contributed by atoms with van der Waals surface area (Å²) < 4.78 is 0. The number of hydrogen-bond donors (Lipinski definition) is 0. The summed E-state index contributed by atoms with van der Waals surface area (Å²) in [6.45, 7) is 20.9. The topological polar surface area (TPSA) is 0 Å². The minimum Gasteiger partial charge on any atom is -0.0645 e. The minimum atomic E-state index is 0.275. The molecule has 22 heavy (non-hydrogen) atoms. The second-order valence-corrected chi connectivity index (χ2v) is 7.40. The standard InChI is InChI=1S/C22H32/c1-10-22(9,11-2)21-17(7)16(6)19-14(4)12-13(3)15(5)20(19)18(21)8/h12H,10-11H2,1-9H3. The van der Waals surface area contributed by atoms with E-state index in [-0.39, 0.29) is 5.41 Å². The lowest BCUT2D eigenvalue weighted by Gasteiger charge is -2.33. The molecule has 2 aromatic rings. The Kier molecular flexibility index (Phi) is 4.44. The third-order valence-electron chi connectivity index (χ3n) is 6.27. The molecule has 0 saturated heterocycles. The zero-order valence-corrected chi connectivity index (χ0v) is 16.0. The van der Waals surface area contributed by atoms with Crippen molar-refractivity contribution >= 4 is 10.8 Å². The molecule has 2 rings (SSSR count).